The van der Waals surface area contributed by atoms with Crippen LogP contribution in [0, 0.1) is 12.3 Å². The number of nitrogens with one attached hydrogen (secondary N) is 1. The molecule has 10 heavy (non-hydrogen) atoms. The molecule has 0 aromatic heterocycles. The van der Waals surface area contributed by atoms with E-state index >= 15 is 0 Å². The van der Waals surface area contributed by atoms with Gasteiger partial charge in [-0.05, 0) is 19.4 Å². The summed E-state index contributed by atoms with van der Waals surface area (Å²) >= 11 is 0. The number of methoxy groups -OCH3 is 1. The van der Waals surface area contributed by atoms with Gasteiger partial charge in [0.15, 0.2) is 0 Å². The van der Waals surface area contributed by atoms with E-state index in [1.165, 1.54) is 0 Å². The molecule has 0 atom stereocenters. The van der Waals surface area contributed by atoms with Crippen LogP contribution in [0.1, 0.15) is 12.8 Å². The minimum absolute atomic E-state index is 0.674. The van der Waals surface area contributed by atoms with E-state index in [4.69, 9.17) is 11.2 Å². The van der Waals surface area contributed by atoms with Gasteiger partial charge in [0.1, 0.15) is 0 Å². The second-order valence-corrected chi connectivity index (χ2v) is 2.08. The lowest BCUT2D eigenvalue weighted by Crippen LogP contribution is -2.15. The standard InChI is InChI=1S/C8H15NO/c1-3-6-9-7-4-5-8-10-2/h1,9H,4-8H2,2H3. The fourth-order valence-corrected chi connectivity index (χ4v) is 0.657. The number of rotatable bonds is 6. The zero-order chi connectivity index (χ0) is 7.66. The third-order valence-electron chi connectivity index (χ3n) is 1.18. The highest BCUT2D eigenvalue weighted by Crippen LogP contribution is 1.85. The van der Waals surface area contributed by atoms with Crippen LogP contribution in [0.25, 0.3) is 0 Å². The van der Waals surface area contributed by atoms with Crippen LogP contribution in [0.15, 0.2) is 0 Å². The molecule has 0 spiro atoms. The molecule has 0 bridgehead atoms. The van der Waals surface area contributed by atoms with Crippen molar-refractivity contribution in [1.82, 2.24) is 5.32 Å². The summed E-state index contributed by atoms with van der Waals surface area (Å²) in [7, 11) is 1.72. The molecule has 2 nitrogen and oxygen atoms in total. The molecule has 0 radical (unpaired) electrons. The van der Waals surface area contributed by atoms with Crippen molar-refractivity contribution >= 4 is 0 Å². The topological polar surface area (TPSA) is 21.3 Å². The molecule has 0 saturated heterocycles. The molecule has 0 unspecified atom stereocenters. The highest BCUT2D eigenvalue weighted by atomic mass is 16.5. The summed E-state index contributed by atoms with van der Waals surface area (Å²) < 4.78 is 4.88. The molecule has 0 rings (SSSR count). The van der Waals surface area contributed by atoms with Crippen molar-refractivity contribution in [3.8, 4) is 12.3 Å². The maximum absolute atomic E-state index is 5.03. The Morgan fingerprint density at radius 1 is 1.50 bits per heavy atom. The van der Waals surface area contributed by atoms with E-state index in [-0.39, 0.29) is 0 Å². The summed E-state index contributed by atoms with van der Waals surface area (Å²) in [5.41, 5.74) is 0. The lowest BCUT2D eigenvalue weighted by molar-refractivity contribution is 0.193. The minimum atomic E-state index is 0.674. The Balaban J connectivity index is 2.72. The van der Waals surface area contributed by atoms with E-state index in [0.29, 0.717) is 6.54 Å². The zero-order valence-electron chi connectivity index (χ0n) is 6.52. The number of hydrogen-bond donors (Lipinski definition) is 1. The molecule has 58 valence electrons. The molecule has 0 aliphatic heterocycles. The Bertz CT molecular complexity index is 95.9. The smallest absolute Gasteiger partial charge is 0.0573 e. The molecule has 0 fully saturated rings. The van der Waals surface area contributed by atoms with Gasteiger partial charge < -0.3 is 10.1 Å². The molecule has 1 N–H and O–H groups in total. The average molecular weight is 141 g/mol. The summed E-state index contributed by atoms with van der Waals surface area (Å²) in [4.78, 5) is 0. The first-order valence-electron chi connectivity index (χ1n) is 3.55. The van der Waals surface area contributed by atoms with E-state index in [1.807, 2.05) is 0 Å². The van der Waals surface area contributed by atoms with Crippen LogP contribution in [0.5, 0.6) is 0 Å². The molecule has 0 saturated carbocycles. The first-order valence-corrected chi connectivity index (χ1v) is 3.55. The summed E-state index contributed by atoms with van der Waals surface area (Å²) in [6.45, 7) is 2.51. The number of hydrogen-bond acceptors (Lipinski definition) is 2. The molecule has 0 aromatic carbocycles. The van der Waals surface area contributed by atoms with Crippen molar-refractivity contribution < 1.29 is 4.74 Å². The molecule has 0 aliphatic carbocycles. The normalized spacial score (nSPS) is 9.20. The minimum Gasteiger partial charge on any atom is -0.385 e. The number of terminal acetylenes is 1. The monoisotopic (exact) mass is 141 g/mol. The number of unbranched alkanes of at least 4 members (excludes halogenated alkanes) is 1. The Morgan fingerprint density at radius 3 is 2.90 bits per heavy atom. The van der Waals surface area contributed by atoms with Gasteiger partial charge in [-0.3, -0.25) is 0 Å². The molecular weight excluding hydrogens is 126 g/mol. The van der Waals surface area contributed by atoms with Gasteiger partial charge in [-0.15, -0.1) is 6.42 Å². The maximum Gasteiger partial charge on any atom is 0.0573 e. The van der Waals surface area contributed by atoms with Crippen molar-refractivity contribution in [2.24, 2.45) is 0 Å². The Morgan fingerprint density at radius 2 is 2.30 bits per heavy atom. The van der Waals surface area contributed by atoms with Gasteiger partial charge in [-0.1, -0.05) is 5.92 Å². The predicted octanol–water partition coefficient (Wildman–Crippen LogP) is 0.636. The van der Waals surface area contributed by atoms with Crippen LogP contribution in [0.4, 0.5) is 0 Å². The van der Waals surface area contributed by atoms with Gasteiger partial charge in [0.05, 0.1) is 6.54 Å². The summed E-state index contributed by atoms with van der Waals surface area (Å²) in [5.74, 6) is 2.52. The summed E-state index contributed by atoms with van der Waals surface area (Å²) in [6.07, 6.45) is 7.27. The molecule has 0 aromatic rings. The molecule has 2 heteroatoms. The fraction of sp³-hybridized carbons (Fsp3) is 0.750. The van der Waals surface area contributed by atoms with Crippen LogP contribution in [0.3, 0.4) is 0 Å². The second kappa shape index (κ2) is 8.48. The maximum atomic E-state index is 5.03. The number of ether oxygens (including phenoxy) is 1. The molecule has 0 aliphatic rings. The van der Waals surface area contributed by atoms with Crippen LogP contribution >= 0.6 is 0 Å². The van der Waals surface area contributed by atoms with E-state index in [0.717, 1.165) is 26.0 Å². The molecule has 0 amide bonds. The van der Waals surface area contributed by atoms with Gasteiger partial charge in [-0.2, -0.15) is 0 Å². The first kappa shape index (κ1) is 9.48. The van der Waals surface area contributed by atoms with Crippen molar-refractivity contribution in [3.63, 3.8) is 0 Å². The predicted molar refractivity (Wildman–Crippen MR) is 42.8 cm³/mol. The zero-order valence-corrected chi connectivity index (χ0v) is 6.52. The highest BCUT2D eigenvalue weighted by Gasteiger charge is 1.85. The van der Waals surface area contributed by atoms with Crippen molar-refractivity contribution in [2.45, 2.75) is 12.8 Å². The average Bonchev–Trinajstić information content (AvgIpc) is 1.97. The largest absolute Gasteiger partial charge is 0.385 e. The van der Waals surface area contributed by atoms with Gasteiger partial charge in [0.2, 0.25) is 0 Å². The second-order valence-electron chi connectivity index (χ2n) is 2.08. The Kier molecular flexibility index (Phi) is 8.04. The summed E-state index contributed by atoms with van der Waals surface area (Å²) in [5, 5.41) is 3.10. The SMILES string of the molecule is C#CCNCCCCOC. The van der Waals surface area contributed by atoms with Gasteiger partial charge in [-0.25, -0.2) is 0 Å². The highest BCUT2D eigenvalue weighted by molar-refractivity contribution is 4.86. The Hall–Kier alpha value is -0.520. The lowest BCUT2D eigenvalue weighted by Gasteiger charge is -1.99. The molecular formula is C8H15NO. The van der Waals surface area contributed by atoms with E-state index in [2.05, 4.69) is 11.2 Å². The quantitative estimate of drug-likeness (QED) is 0.433. The van der Waals surface area contributed by atoms with Crippen molar-refractivity contribution in [1.29, 1.82) is 0 Å². The van der Waals surface area contributed by atoms with E-state index in [9.17, 15) is 0 Å². The van der Waals surface area contributed by atoms with Crippen LogP contribution in [-0.2, 0) is 4.74 Å². The fourth-order valence-electron chi connectivity index (χ4n) is 0.657. The molecule has 0 heterocycles. The van der Waals surface area contributed by atoms with Crippen molar-refractivity contribution in [3.05, 3.63) is 0 Å². The van der Waals surface area contributed by atoms with E-state index < -0.39 is 0 Å². The third kappa shape index (κ3) is 7.48. The van der Waals surface area contributed by atoms with Gasteiger partial charge in [0.25, 0.3) is 0 Å². The Labute approximate surface area is 63.0 Å². The van der Waals surface area contributed by atoms with Crippen LogP contribution < -0.4 is 5.32 Å². The van der Waals surface area contributed by atoms with Gasteiger partial charge >= 0.3 is 0 Å². The van der Waals surface area contributed by atoms with Crippen LogP contribution in [-0.4, -0.2) is 26.8 Å². The lowest BCUT2D eigenvalue weighted by atomic mass is 10.3. The van der Waals surface area contributed by atoms with Gasteiger partial charge in [0, 0.05) is 13.7 Å². The van der Waals surface area contributed by atoms with Crippen molar-refractivity contribution in [2.75, 3.05) is 26.8 Å². The first-order chi connectivity index (χ1) is 4.91. The third-order valence-corrected chi connectivity index (χ3v) is 1.18. The van der Waals surface area contributed by atoms with Crippen LogP contribution in [0.2, 0.25) is 0 Å². The summed E-state index contributed by atoms with van der Waals surface area (Å²) in [6, 6.07) is 0. The van der Waals surface area contributed by atoms with E-state index in [1.54, 1.807) is 7.11 Å².